The molecule has 0 spiro atoms. The Balaban J connectivity index is 1.66. The van der Waals surface area contributed by atoms with Gasteiger partial charge in [0.2, 0.25) is 0 Å². The Bertz CT molecular complexity index is 885. The van der Waals surface area contributed by atoms with Crippen molar-refractivity contribution in [2.45, 2.75) is 13.8 Å². The molecule has 2 saturated heterocycles. The SMILES string of the molecule is CCN1CCN(C(=O)c2cnc(-c3cccc(C)c3)nc2N2CCN(C)CC2)CC1. The molecule has 160 valence electrons. The van der Waals surface area contributed by atoms with Crippen molar-refractivity contribution in [2.24, 2.45) is 0 Å². The predicted octanol–water partition coefficient (Wildman–Crippen LogP) is 1.98. The number of aromatic nitrogens is 2. The maximum absolute atomic E-state index is 13.4. The average Bonchev–Trinajstić information content (AvgIpc) is 2.79. The van der Waals surface area contributed by atoms with Gasteiger partial charge in [-0.3, -0.25) is 4.79 Å². The second-order valence-corrected chi connectivity index (χ2v) is 8.32. The molecule has 2 aliphatic rings. The van der Waals surface area contributed by atoms with E-state index in [0.29, 0.717) is 11.4 Å². The Morgan fingerprint density at radius 1 is 1.03 bits per heavy atom. The molecule has 0 N–H and O–H groups in total. The first-order valence-corrected chi connectivity index (χ1v) is 10.9. The van der Waals surface area contributed by atoms with Crippen LogP contribution in [0.4, 0.5) is 5.82 Å². The summed E-state index contributed by atoms with van der Waals surface area (Å²) < 4.78 is 0. The summed E-state index contributed by atoms with van der Waals surface area (Å²) in [5.41, 5.74) is 2.79. The lowest BCUT2D eigenvalue weighted by molar-refractivity contribution is 0.0643. The normalized spacial score (nSPS) is 18.6. The lowest BCUT2D eigenvalue weighted by Crippen LogP contribution is -2.49. The van der Waals surface area contributed by atoms with Crippen LogP contribution in [-0.4, -0.2) is 96.5 Å². The van der Waals surface area contributed by atoms with E-state index >= 15 is 0 Å². The third-order valence-electron chi connectivity index (χ3n) is 6.18. The number of rotatable bonds is 4. The standard InChI is InChI=1S/C23H32N6O/c1-4-27-10-14-29(15-11-27)23(30)20-17-24-21(19-7-5-6-18(2)16-19)25-22(20)28-12-8-26(3)9-13-28/h5-7,16-17H,4,8-15H2,1-3H3. The molecule has 1 aromatic carbocycles. The van der Waals surface area contributed by atoms with Crippen molar-refractivity contribution in [1.29, 1.82) is 0 Å². The first-order valence-electron chi connectivity index (χ1n) is 10.9. The van der Waals surface area contributed by atoms with Gasteiger partial charge < -0.3 is 19.6 Å². The molecule has 0 saturated carbocycles. The molecule has 0 bridgehead atoms. The largest absolute Gasteiger partial charge is 0.353 e. The number of aryl methyl sites for hydroxylation is 1. The molecule has 0 unspecified atom stereocenters. The summed E-state index contributed by atoms with van der Waals surface area (Å²) in [5.74, 6) is 1.51. The van der Waals surface area contributed by atoms with Crippen LogP contribution in [-0.2, 0) is 0 Å². The van der Waals surface area contributed by atoms with Crippen LogP contribution in [0.2, 0.25) is 0 Å². The van der Waals surface area contributed by atoms with Crippen LogP contribution in [0.3, 0.4) is 0 Å². The molecule has 2 fully saturated rings. The number of likely N-dealkylation sites (N-methyl/N-ethyl adjacent to an activating group) is 2. The fraction of sp³-hybridized carbons (Fsp3) is 0.522. The van der Waals surface area contributed by atoms with Crippen molar-refractivity contribution in [3.8, 4) is 11.4 Å². The van der Waals surface area contributed by atoms with Crippen molar-refractivity contribution in [1.82, 2.24) is 24.7 Å². The van der Waals surface area contributed by atoms with E-state index in [-0.39, 0.29) is 5.91 Å². The lowest BCUT2D eigenvalue weighted by atomic mass is 10.1. The van der Waals surface area contributed by atoms with Crippen LogP contribution in [0.25, 0.3) is 11.4 Å². The van der Waals surface area contributed by atoms with E-state index in [1.54, 1.807) is 6.20 Å². The Labute approximate surface area is 179 Å². The first-order chi connectivity index (χ1) is 14.5. The van der Waals surface area contributed by atoms with Gasteiger partial charge in [0.25, 0.3) is 5.91 Å². The smallest absolute Gasteiger partial charge is 0.259 e. The third-order valence-corrected chi connectivity index (χ3v) is 6.18. The predicted molar refractivity (Wildman–Crippen MR) is 120 cm³/mol. The van der Waals surface area contributed by atoms with Crippen LogP contribution < -0.4 is 4.90 Å². The molecule has 30 heavy (non-hydrogen) atoms. The Morgan fingerprint density at radius 3 is 2.43 bits per heavy atom. The van der Waals surface area contributed by atoms with E-state index in [2.05, 4.69) is 52.7 Å². The molecule has 1 amide bonds. The molecule has 0 radical (unpaired) electrons. The zero-order valence-corrected chi connectivity index (χ0v) is 18.3. The van der Waals surface area contributed by atoms with Crippen LogP contribution in [0.5, 0.6) is 0 Å². The number of hydrogen-bond donors (Lipinski definition) is 0. The van der Waals surface area contributed by atoms with E-state index in [9.17, 15) is 4.79 Å². The molecule has 0 aliphatic carbocycles. The highest BCUT2D eigenvalue weighted by Gasteiger charge is 2.28. The van der Waals surface area contributed by atoms with Crippen molar-refractivity contribution >= 4 is 11.7 Å². The molecule has 4 rings (SSSR count). The molecular formula is C23H32N6O. The van der Waals surface area contributed by atoms with E-state index < -0.39 is 0 Å². The molecule has 2 aliphatic heterocycles. The van der Waals surface area contributed by atoms with Gasteiger partial charge in [-0.2, -0.15) is 0 Å². The van der Waals surface area contributed by atoms with E-state index in [1.807, 2.05) is 17.0 Å². The summed E-state index contributed by atoms with van der Waals surface area (Å²) in [4.78, 5) is 31.8. The average molecular weight is 409 g/mol. The van der Waals surface area contributed by atoms with Crippen LogP contribution in [0.15, 0.2) is 30.5 Å². The number of anilines is 1. The lowest BCUT2D eigenvalue weighted by Gasteiger charge is -2.36. The van der Waals surface area contributed by atoms with Gasteiger partial charge in [-0.25, -0.2) is 9.97 Å². The van der Waals surface area contributed by atoms with Crippen LogP contribution in [0.1, 0.15) is 22.8 Å². The molecule has 3 heterocycles. The van der Waals surface area contributed by atoms with Crippen LogP contribution >= 0.6 is 0 Å². The van der Waals surface area contributed by atoms with E-state index in [4.69, 9.17) is 4.98 Å². The van der Waals surface area contributed by atoms with Gasteiger partial charge in [-0.05, 0) is 26.6 Å². The van der Waals surface area contributed by atoms with Gasteiger partial charge in [0, 0.05) is 64.1 Å². The maximum Gasteiger partial charge on any atom is 0.259 e. The topological polar surface area (TPSA) is 55.8 Å². The highest BCUT2D eigenvalue weighted by Crippen LogP contribution is 2.25. The number of hydrogen-bond acceptors (Lipinski definition) is 6. The first kappa shape index (κ1) is 20.8. The number of carbonyl (C=O) groups excluding carboxylic acids is 1. The minimum absolute atomic E-state index is 0.0514. The van der Waals surface area contributed by atoms with Crippen molar-refractivity contribution in [3.05, 3.63) is 41.6 Å². The molecule has 2 aromatic rings. The zero-order chi connectivity index (χ0) is 21.1. The molecular weight excluding hydrogens is 376 g/mol. The van der Waals surface area contributed by atoms with Crippen molar-refractivity contribution < 1.29 is 4.79 Å². The summed E-state index contributed by atoms with van der Waals surface area (Å²) in [6.45, 7) is 12.3. The fourth-order valence-corrected chi connectivity index (χ4v) is 4.14. The number of nitrogens with zero attached hydrogens (tertiary/aromatic N) is 6. The number of carbonyl (C=O) groups is 1. The van der Waals surface area contributed by atoms with Gasteiger partial charge in [0.1, 0.15) is 11.4 Å². The van der Waals surface area contributed by atoms with Crippen LogP contribution in [0, 0.1) is 6.92 Å². The zero-order valence-electron chi connectivity index (χ0n) is 18.3. The number of benzene rings is 1. The maximum atomic E-state index is 13.4. The summed E-state index contributed by atoms with van der Waals surface area (Å²) in [6, 6.07) is 8.21. The van der Waals surface area contributed by atoms with Gasteiger partial charge in [0.15, 0.2) is 5.82 Å². The van der Waals surface area contributed by atoms with Gasteiger partial charge in [-0.1, -0.05) is 30.7 Å². The minimum atomic E-state index is 0.0514. The third kappa shape index (κ3) is 4.47. The fourth-order valence-electron chi connectivity index (χ4n) is 4.14. The second kappa shape index (κ2) is 9.10. The highest BCUT2D eigenvalue weighted by atomic mass is 16.2. The summed E-state index contributed by atoms with van der Waals surface area (Å²) in [5, 5.41) is 0. The molecule has 1 aromatic heterocycles. The van der Waals surface area contributed by atoms with E-state index in [1.165, 1.54) is 5.56 Å². The highest BCUT2D eigenvalue weighted by molar-refractivity contribution is 5.99. The second-order valence-electron chi connectivity index (χ2n) is 8.32. The summed E-state index contributed by atoms with van der Waals surface area (Å²) in [6.07, 6.45) is 1.74. The molecule has 7 heteroatoms. The number of piperazine rings is 2. The summed E-state index contributed by atoms with van der Waals surface area (Å²) in [7, 11) is 2.13. The van der Waals surface area contributed by atoms with Crippen molar-refractivity contribution in [2.75, 3.05) is 70.9 Å². The minimum Gasteiger partial charge on any atom is -0.353 e. The van der Waals surface area contributed by atoms with Gasteiger partial charge in [-0.15, -0.1) is 0 Å². The van der Waals surface area contributed by atoms with Crippen molar-refractivity contribution in [3.63, 3.8) is 0 Å². The van der Waals surface area contributed by atoms with Gasteiger partial charge >= 0.3 is 0 Å². The van der Waals surface area contributed by atoms with E-state index in [0.717, 1.165) is 70.3 Å². The monoisotopic (exact) mass is 408 g/mol. The quantitative estimate of drug-likeness (QED) is 0.771. The molecule has 7 nitrogen and oxygen atoms in total. The molecule has 0 atom stereocenters. The Hall–Kier alpha value is -2.51. The summed E-state index contributed by atoms with van der Waals surface area (Å²) >= 11 is 0. The Kier molecular flexibility index (Phi) is 6.29. The Morgan fingerprint density at radius 2 is 1.77 bits per heavy atom. The number of amides is 1. The van der Waals surface area contributed by atoms with Gasteiger partial charge in [0.05, 0.1) is 0 Å².